The Balaban J connectivity index is 2.58. The maximum atomic E-state index is 2.27. The summed E-state index contributed by atoms with van der Waals surface area (Å²) in [5.74, 6) is 0. The van der Waals surface area contributed by atoms with E-state index in [1.54, 1.807) is 10.4 Å². The lowest BCUT2D eigenvalue weighted by Gasteiger charge is -1.99. The van der Waals surface area contributed by atoms with Gasteiger partial charge < -0.3 is 0 Å². The summed E-state index contributed by atoms with van der Waals surface area (Å²) in [6, 6.07) is 13.3. The Hall–Kier alpha value is -0.866. The van der Waals surface area contributed by atoms with Crippen LogP contribution in [0.3, 0.4) is 0 Å². The van der Waals surface area contributed by atoms with Crippen LogP contribution in [0.2, 0.25) is 0 Å². The Morgan fingerprint density at radius 3 is 1.92 bits per heavy atom. The van der Waals surface area contributed by atoms with Gasteiger partial charge in [-0.1, -0.05) is 46.8 Å². The predicted octanol–water partition coefficient (Wildman–Crippen LogP) is 0.427. The van der Waals surface area contributed by atoms with Crippen molar-refractivity contribution in [2.45, 2.75) is 0 Å². The average Bonchev–Trinajstić information content (AvgIpc) is 2.52. The molecule has 1 aliphatic rings. The van der Waals surface area contributed by atoms with E-state index >= 15 is 0 Å². The molecule has 1 aliphatic heterocycles. The highest BCUT2D eigenvalue weighted by atomic mass is 29.1. The monoisotopic (exact) mass is 182 g/mol. The summed E-state index contributed by atoms with van der Waals surface area (Å²) >= 11 is 0. The van der Waals surface area contributed by atoms with Crippen LogP contribution in [-0.2, 0) is 0 Å². The predicted molar refractivity (Wildman–Crippen MR) is 54.7 cm³/mol. The highest BCUT2D eigenvalue weighted by Crippen LogP contribution is 2.10. The zero-order valence-electron chi connectivity index (χ0n) is 6.46. The molecule has 0 aromatic heterocycles. The zero-order chi connectivity index (χ0) is 7.97. The normalized spacial score (nSPS) is 14.0. The lowest BCUT2D eigenvalue weighted by Crippen LogP contribution is -2.16. The highest BCUT2D eigenvalue weighted by Gasteiger charge is 2.13. The Bertz CT molecular complexity index is 410. The third kappa shape index (κ3) is 0.763. The number of benzene rings is 2. The molecule has 3 rings (SSSR count). The summed E-state index contributed by atoms with van der Waals surface area (Å²) in [6.07, 6.45) is 0. The minimum absolute atomic E-state index is 1.02. The first-order valence-corrected chi connectivity index (χ1v) is 6.99. The van der Waals surface area contributed by atoms with E-state index in [1.807, 2.05) is 0 Å². The lowest BCUT2D eigenvalue weighted by molar-refractivity contribution is 1.82. The van der Waals surface area contributed by atoms with Crippen molar-refractivity contribution >= 4 is 39.2 Å². The van der Waals surface area contributed by atoms with Crippen LogP contribution in [-0.4, -0.2) is 18.1 Å². The fourth-order valence-electron chi connectivity index (χ4n) is 1.68. The summed E-state index contributed by atoms with van der Waals surface area (Å²) < 4.78 is 0. The Kier molecular flexibility index (Phi) is 1.28. The van der Waals surface area contributed by atoms with Crippen LogP contribution in [0, 0.1) is 0 Å². The molecule has 0 bridgehead atoms. The lowest BCUT2D eigenvalue weighted by atomic mass is 10.1. The quantitative estimate of drug-likeness (QED) is 0.518. The molecule has 2 heteroatoms. The van der Waals surface area contributed by atoms with Crippen molar-refractivity contribution < 1.29 is 0 Å². The van der Waals surface area contributed by atoms with Crippen LogP contribution >= 0.6 is 0 Å². The van der Waals surface area contributed by atoms with E-state index in [0.717, 1.165) is 18.1 Å². The molecule has 0 unspecified atom stereocenters. The first kappa shape index (κ1) is 6.63. The summed E-state index contributed by atoms with van der Waals surface area (Å²) in [7, 11) is 2.05. The molecule has 0 atom stereocenters. The molecule has 2 aromatic carbocycles. The fourth-order valence-corrected chi connectivity index (χ4v) is 5.30. The van der Waals surface area contributed by atoms with Crippen LogP contribution in [0.25, 0.3) is 10.8 Å². The van der Waals surface area contributed by atoms with Crippen LogP contribution < -0.4 is 10.4 Å². The summed E-state index contributed by atoms with van der Waals surface area (Å²) in [5, 5.41) is 6.10. The molecule has 0 saturated carbocycles. The van der Waals surface area contributed by atoms with Crippen molar-refractivity contribution in [2.24, 2.45) is 0 Å². The summed E-state index contributed by atoms with van der Waals surface area (Å²) in [6.45, 7) is 0. The van der Waals surface area contributed by atoms with Gasteiger partial charge in [0, 0.05) is 0 Å². The minimum Gasteiger partial charge on any atom is -0.0632 e. The topological polar surface area (TPSA) is 0 Å². The molecular weight excluding hydrogens is 176 g/mol. The van der Waals surface area contributed by atoms with Gasteiger partial charge in [0.25, 0.3) is 0 Å². The van der Waals surface area contributed by atoms with E-state index in [-0.39, 0.29) is 0 Å². The molecule has 0 fully saturated rings. The average molecular weight is 182 g/mol. The third-order valence-electron chi connectivity index (χ3n) is 2.24. The van der Waals surface area contributed by atoms with Crippen molar-refractivity contribution in [1.82, 2.24) is 0 Å². The second-order valence-electron chi connectivity index (χ2n) is 2.96. The molecular formula is C10H6Si2. The van der Waals surface area contributed by atoms with Crippen molar-refractivity contribution in [2.75, 3.05) is 0 Å². The fraction of sp³-hybridized carbons (Fsp3) is 0. The van der Waals surface area contributed by atoms with Gasteiger partial charge in [-0.25, -0.2) is 0 Å². The Morgan fingerprint density at radius 1 is 0.750 bits per heavy atom. The van der Waals surface area contributed by atoms with Crippen LogP contribution in [0.1, 0.15) is 0 Å². The van der Waals surface area contributed by atoms with Crippen molar-refractivity contribution in [3.8, 4) is 0 Å². The number of rotatable bonds is 0. The molecule has 0 spiro atoms. The zero-order valence-corrected chi connectivity index (χ0v) is 8.46. The SMILES string of the molecule is c1cc2c3c(cccc3c1)[Si][Si]2. The molecule has 0 nitrogen and oxygen atoms in total. The van der Waals surface area contributed by atoms with Crippen molar-refractivity contribution in [3.63, 3.8) is 0 Å². The molecule has 0 N–H and O–H groups in total. The second kappa shape index (κ2) is 2.31. The molecule has 0 saturated heterocycles. The second-order valence-corrected chi connectivity index (χ2v) is 6.04. The largest absolute Gasteiger partial charge is 0.0720 e. The van der Waals surface area contributed by atoms with E-state index in [2.05, 4.69) is 36.4 Å². The van der Waals surface area contributed by atoms with E-state index in [0.29, 0.717) is 0 Å². The minimum atomic E-state index is 1.02. The van der Waals surface area contributed by atoms with Crippen molar-refractivity contribution in [1.29, 1.82) is 0 Å². The molecule has 1 heterocycles. The van der Waals surface area contributed by atoms with Crippen LogP contribution in [0.4, 0.5) is 0 Å². The molecule has 12 heavy (non-hydrogen) atoms. The third-order valence-corrected chi connectivity index (χ3v) is 5.72. The van der Waals surface area contributed by atoms with Gasteiger partial charge in [0.05, 0.1) is 18.1 Å². The van der Waals surface area contributed by atoms with Crippen LogP contribution in [0.5, 0.6) is 0 Å². The molecule has 4 radical (unpaired) electrons. The molecule has 0 aliphatic carbocycles. The van der Waals surface area contributed by atoms with E-state index < -0.39 is 0 Å². The maximum Gasteiger partial charge on any atom is 0.0720 e. The smallest absolute Gasteiger partial charge is 0.0632 e. The standard InChI is InChI=1S/C10H6Si2/c1-3-7-4-2-6-9-10(7)8(5-1)11-12-9/h1-6H. The summed E-state index contributed by atoms with van der Waals surface area (Å²) in [4.78, 5) is 0. The van der Waals surface area contributed by atoms with Crippen LogP contribution in [0.15, 0.2) is 36.4 Å². The van der Waals surface area contributed by atoms with Gasteiger partial charge in [-0.3, -0.25) is 0 Å². The van der Waals surface area contributed by atoms with Crippen molar-refractivity contribution in [3.05, 3.63) is 36.4 Å². The first-order valence-electron chi connectivity index (χ1n) is 3.99. The molecule has 54 valence electrons. The summed E-state index contributed by atoms with van der Waals surface area (Å²) in [5.41, 5.74) is 0. The highest BCUT2D eigenvalue weighted by molar-refractivity contribution is 7.17. The molecule has 2 aromatic rings. The van der Waals surface area contributed by atoms with E-state index in [9.17, 15) is 0 Å². The first-order chi connectivity index (χ1) is 5.95. The van der Waals surface area contributed by atoms with Gasteiger partial charge in [-0.05, 0) is 10.8 Å². The Morgan fingerprint density at radius 2 is 1.33 bits per heavy atom. The van der Waals surface area contributed by atoms with Gasteiger partial charge in [0.15, 0.2) is 0 Å². The van der Waals surface area contributed by atoms with Gasteiger partial charge in [-0.15, -0.1) is 0 Å². The van der Waals surface area contributed by atoms with E-state index in [1.165, 1.54) is 10.8 Å². The molecule has 0 amide bonds. The maximum absolute atomic E-state index is 2.27. The van der Waals surface area contributed by atoms with Gasteiger partial charge >= 0.3 is 0 Å². The Labute approximate surface area is 76.0 Å². The van der Waals surface area contributed by atoms with Gasteiger partial charge in [0.1, 0.15) is 0 Å². The van der Waals surface area contributed by atoms with Gasteiger partial charge in [-0.2, -0.15) is 0 Å². The number of hydrogen-bond acceptors (Lipinski definition) is 0. The van der Waals surface area contributed by atoms with Gasteiger partial charge in [0.2, 0.25) is 0 Å². The van der Waals surface area contributed by atoms with E-state index in [4.69, 9.17) is 0 Å². The number of hydrogen-bond donors (Lipinski definition) is 0.